The van der Waals surface area contributed by atoms with E-state index < -0.39 is 0 Å². The highest BCUT2D eigenvalue weighted by molar-refractivity contribution is 6.10. The Hall–Kier alpha value is -2.14. The van der Waals surface area contributed by atoms with Crippen LogP contribution in [0, 0.1) is 5.41 Å². The SMILES string of the molecule is C=C1c2ccccc2C(=O)N1CC(=O)NC1CC(OCC)C12CCC2. The van der Waals surface area contributed by atoms with E-state index in [1.807, 2.05) is 25.1 Å². The predicted molar refractivity (Wildman–Crippen MR) is 94.8 cm³/mol. The third-order valence-electron chi connectivity index (χ3n) is 6.11. The summed E-state index contributed by atoms with van der Waals surface area (Å²) >= 11 is 0. The van der Waals surface area contributed by atoms with Gasteiger partial charge in [-0.1, -0.05) is 31.2 Å². The molecular weight excluding hydrogens is 316 g/mol. The third kappa shape index (κ3) is 2.41. The van der Waals surface area contributed by atoms with Gasteiger partial charge in [-0.15, -0.1) is 0 Å². The molecular formula is C20H24N2O3. The molecule has 132 valence electrons. The maximum Gasteiger partial charge on any atom is 0.259 e. The van der Waals surface area contributed by atoms with Crippen molar-refractivity contribution in [3.8, 4) is 0 Å². The van der Waals surface area contributed by atoms with Crippen LogP contribution in [0.15, 0.2) is 30.8 Å². The van der Waals surface area contributed by atoms with Crippen LogP contribution in [0.5, 0.6) is 0 Å². The lowest BCUT2D eigenvalue weighted by atomic mass is 9.51. The molecule has 1 spiro atoms. The maximum absolute atomic E-state index is 12.5. The molecule has 5 nitrogen and oxygen atoms in total. The van der Waals surface area contributed by atoms with Crippen LogP contribution in [0.3, 0.4) is 0 Å². The molecule has 3 aliphatic rings. The van der Waals surface area contributed by atoms with Gasteiger partial charge in [0.15, 0.2) is 0 Å². The van der Waals surface area contributed by atoms with E-state index in [4.69, 9.17) is 4.74 Å². The van der Waals surface area contributed by atoms with Gasteiger partial charge in [0.1, 0.15) is 6.54 Å². The van der Waals surface area contributed by atoms with Crippen LogP contribution in [0.4, 0.5) is 0 Å². The van der Waals surface area contributed by atoms with Gasteiger partial charge in [0.2, 0.25) is 5.91 Å². The molecule has 2 saturated carbocycles. The van der Waals surface area contributed by atoms with Crippen molar-refractivity contribution in [2.75, 3.05) is 13.2 Å². The average Bonchev–Trinajstić information content (AvgIpc) is 2.78. The summed E-state index contributed by atoms with van der Waals surface area (Å²) in [6.45, 7) is 6.75. The molecule has 2 fully saturated rings. The molecule has 1 aromatic rings. The van der Waals surface area contributed by atoms with Gasteiger partial charge in [0.05, 0.1) is 6.10 Å². The maximum atomic E-state index is 12.5. The topological polar surface area (TPSA) is 58.6 Å². The smallest absolute Gasteiger partial charge is 0.259 e. The number of rotatable bonds is 5. The molecule has 0 aromatic heterocycles. The predicted octanol–water partition coefficient (Wildman–Crippen LogP) is 2.58. The minimum absolute atomic E-state index is 0.0260. The molecule has 0 saturated heterocycles. The summed E-state index contributed by atoms with van der Waals surface area (Å²) in [5, 5.41) is 3.14. The van der Waals surface area contributed by atoms with Gasteiger partial charge in [0, 0.05) is 34.9 Å². The molecule has 2 aliphatic carbocycles. The fraction of sp³-hybridized carbons (Fsp3) is 0.500. The molecule has 25 heavy (non-hydrogen) atoms. The summed E-state index contributed by atoms with van der Waals surface area (Å²) in [5.41, 5.74) is 2.17. The second kappa shape index (κ2) is 5.99. The molecule has 4 rings (SSSR count). The fourth-order valence-corrected chi connectivity index (χ4v) is 4.53. The molecule has 0 bridgehead atoms. The highest BCUT2D eigenvalue weighted by Crippen LogP contribution is 2.57. The Kier molecular flexibility index (Phi) is 3.91. The van der Waals surface area contributed by atoms with Crippen molar-refractivity contribution in [3.05, 3.63) is 42.0 Å². The third-order valence-corrected chi connectivity index (χ3v) is 6.11. The van der Waals surface area contributed by atoms with Gasteiger partial charge < -0.3 is 10.1 Å². The van der Waals surface area contributed by atoms with Crippen molar-refractivity contribution in [2.45, 2.75) is 44.8 Å². The summed E-state index contributed by atoms with van der Waals surface area (Å²) in [6, 6.07) is 7.52. The lowest BCUT2D eigenvalue weighted by Gasteiger charge is -2.61. The zero-order valence-electron chi connectivity index (χ0n) is 14.6. The Balaban J connectivity index is 1.39. The first kappa shape index (κ1) is 16.3. The summed E-state index contributed by atoms with van der Waals surface area (Å²) in [4.78, 5) is 26.5. The lowest BCUT2D eigenvalue weighted by molar-refractivity contribution is -0.175. The van der Waals surface area contributed by atoms with E-state index in [1.54, 1.807) is 6.07 Å². The number of nitrogens with one attached hydrogen (secondary N) is 1. The number of carbonyl (C=O) groups is 2. The standard InChI is InChI=1S/C20H24N2O3/c1-3-25-17-11-16(20(17)9-6-10-20)21-18(23)12-22-13(2)14-7-4-5-8-15(14)19(22)24/h4-5,7-8,16-17H,2-3,6,9-12H2,1H3,(H,21,23). The van der Waals surface area contributed by atoms with E-state index in [1.165, 1.54) is 11.3 Å². The molecule has 1 aliphatic heterocycles. The molecule has 2 unspecified atom stereocenters. The van der Waals surface area contributed by atoms with Gasteiger partial charge in [-0.2, -0.15) is 0 Å². The number of benzene rings is 1. The lowest BCUT2D eigenvalue weighted by Crippen LogP contribution is -2.68. The summed E-state index contributed by atoms with van der Waals surface area (Å²) in [6.07, 6.45) is 4.57. The normalized spacial score (nSPS) is 26.2. The quantitative estimate of drug-likeness (QED) is 0.896. The number of ether oxygens (including phenoxy) is 1. The molecule has 5 heteroatoms. The minimum Gasteiger partial charge on any atom is -0.378 e. The number of hydrogen-bond donors (Lipinski definition) is 1. The zero-order valence-corrected chi connectivity index (χ0v) is 14.6. The number of nitrogens with zero attached hydrogens (tertiary/aromatic N) is 1. The van der Waals surface area contributed by atoms with Crippen molar-refractivity contribution < 1.29 is 14.3 Å². The first-order valence-corrected chi connectivity index (χ1v) is 9.08. The van der Waals surface area contributed by atoms with Crippen LogP contribution in [0.1, 0.15) is 48.5 Å². The summed E-state index contributed by atoms with van der Waals surface area (Å²) in [5.74, 6) is -0.261. The van der Waals surface area contributed by atoms with E-state index in [-0.39, 0.29) is 35.9 Å². The van der Waals surface area contributed by atoms with Gasteiger partial charge in [-0.25, -0.2) is 0 Å². The van der Waals surface area contributed by atoms with E-state index in [2.05, 4.69) is 11.9 Å². The van der Waals surface area contributed by atoms with Gasteiger partial charge in [-0.05, 0) is 32.3 Å². The van der Waals surface area contributed by atoms with Crippen LogP contribution in [0.25, 0.3) is 5.70 Å². The second-order valence-electron chi connectivity index (χ2n) is 7.27. The monoisotopic (exact) mass is 340 g/mol. The Morgan fingerprint density at radius 3 is 2.68 bits per heavy atom. The number of fused-ring (bicyclic) bond motifs is 1. The highest BCUT2D eigenvalue weighted by Gasteiger charge is 2.59. The van der Waals surface area contributed by atoms with Crippen molar-refractivity contribution >= 4 is 17.5 Å². The Morgan fingerprint density at radius 1 is 1.36 bits per heavy atom. The number of carbonyl (C=O) groups excluding carboxylic acids is 2. The zero-order chi connectivity index (χ0) is 17.6. The summed E-state index contributed by atoms with van der Waals surface area (Å²) < 4.78 is 5.83. The highest BCUT2D eigenvalue weighted by atomic mass is 16.5. The number of hydrogen-bond acceptors (Lipinski definition) is 3. The first-order chi connectivity index (χ1) is 12.1. The fourth-order valence-electron chi connectivity index (χ4n) is 4.53. The van der Waals surface area contributed by atoms with E-state index >= 15 is 0 Å². The van der Waals surface area contributed by atoms with E-state index in [9.17, 15) is 9.59 Å². The summed E-state index contributed by atoms with van der Waals surface area (Å²) in [7, 11) is 0. The molecule has 1 aromatic carbocycles. The van der Waals surface area contributed by atoms with Gasteiger partial charge >= 0.3 is 0 Å². The van der Waals surface area contributed by atoms with Crippen molar-refractivity contribution in [3.63, 3.8) is 0 Å². The average molecular weight is 340 g/mol. The Labute approximate surface area is 148 Å². The van der Waals surface area contributed by atoms with Crippen LogP contribution in [0.2, 0.25) is 0 Å². The Morgan fingerprint density at radius 2 is 2.08 bits per heavy atom. The molecule has 1 heterocycles. The first-order valence-electron chi connectivity index (χ1n) is 9.08. The minimum atomic E-state index is -0.144. The van der Waals surface area contributed by atoms with Crippen LogP contribution >= 0.6 is 0 Å². The van der Waals surface area contributed by atoms with E-state index in [0.29, 0.717) is 17.9 Å². The number of amides is 2. The molecule has 2 atom stereocenters. The molecule has 1 N–H and O–H groups in total. The van der Waals surface area contributed by atoms with Gasteiger partial charge in [-0.3, -0.25) is 14.5 Å². The van der Waals surface area contributed by atoms with Crippen molar-refractivity contribution in [1.29, 1.82) is 0 Å². The van der Waals surface area contributed by atoms with Crippen LogP contribution in [-0.2, 0) is 9.53 Å². The largest absolute Gasteiger partial charge is 0.378 e. The van der Waals surface area contributed by atoms with Crippen molar-refractivity contribution in [1.82, 2.24) is 10.2 Å². The van der Waals surface area contributed by atoms with Crippen LogP contribution < -0.4 is 5.32 Å². The van der Waals surface area contributed by atoms with E-state index in [0.717, 1.165) is 24.8 Å². The molecule has 2 amide bonds. The van der Waals surface area contributed by atoms with Crippen molar-refractivity contribution in [2.24, 2.45) is 5.41 Å². The second-order valence-corrected chi connectivity index (χ2v) is 7.27. The molecule has 0 radical (unpaired) electrons. The van der Waals surface area contributed by atoms with Gasteiger partial charge in [0.25, 0.3) is 5.91 Å². The van der Waals surface area contributed by atoms with Crippen LogP contribution in [-0.4, -0.2) is 42.0 Å². The Bertz CT molecular complexity index is 703.